The van der Waals surface area contributed by atoms with Crippen LogP contribution in [0, 0.1) is 5.41 Å². The van der Waals surface area contributed by atoms with Crippen LogP contribution >= 0.6 is 0 Å². The molecule has 0 aliphatic carbocycles. The lowest BCUT2D eigenvalue weighted by atomic mass is 10.2. The summed E-state index contributed by atoms with van der Waals surface area (Å²) in [5.41, 5.74) is -0.446. The highest BCUT2D eigenvalue weighted by Gasteiger charge is 2.04. The molecule has 0 unspecified atom stereocenters. The molecule has 0 atom stereocenters. The molecule has 2 heterocycles. The van der Waals surface area contributed by atoms with Crippen LogP contribution in [-0.4, -0.2) is 19.5 Å². The van der Waals surface area contributed by atoms with E-state index in [1.807, 2.05) is 0 Å². The molecule has 0 spiro atoms. The van der Waals surface area contributed by atoms with E-state index in [9.17, 15) is 0 Å². The summed E-state index contributed by atoms with van der Waals surface area (Å²) in [5, 5.41) is 7.69. The van der Waals surface area contributed by atoms with Crippen molar-refractivity contribution >= 4 is 11.2 Å². The van der Waals surface area contributed by atoms with E-state index in [1.165, 1.54) is 6.33 Å². The number of imidazole rings is 1. The largest absolute Gasteiger partial charge is 0.340 e. The van der Waals surface area contributed by atoms with Gasteiger partial charge in [0.15, 0.2) is 11.1 Å². The van der Waals surface area contributed by atoms with Crippen molar-refractivity contribution in [2.75, 3.05) is 0 Å². The molecule has 1 aromatic carbocycles. The Morgan fingerprint density at radius 1 is 1.35 bits per heavy atom. The molecule has 0 bridgehead atoms. The van der Waals surface area contributed by atoms with Crippen molar-refractivity contribution in [1.29, 1.82) is 5.41 Å². The summed E-state index contributed by atoms with van der Waals surface area (Å²) in [6, 6.07) is -3.13. The number of fused-ring (bicyclic) bond motifs is 1. The number of aromatic amines is 1. The molecule has 0 amide bonds. The fourth-order valence-electron chi connectivity index (χ4n) is 1.39. The normalized spacial score (nSPS) is 17.5. The quantitative estimate of drug-likeness (QED) is 0.699. The van der Waals surface area contributed by atoms with Gasteiger partial charge in [-0.2, -0.15) is 0 Å². The third kappa shape index (κ3) is 1.71. The van der Waals surface area contributed by atoms with Crippen LogP contribution in [0.3, 0.4) is 0 Å². The van der Waals surface area contributed by atoms with E-state index < -0.39 is 42.3 Å². The summed E-state index contributed by atoms with van der Waals surface area (Å²) in [7, 11) is 0. The van der Waals surface area contributed by atoms with E-state index >= 15 is 0 Å². The van der Waals surface area contributed by atoms with Gasteiger partial charge in [0.2, 0.25) is 0 Å². The SMILES string of the molecule is [2H]c1c([2H])c([2H])c(C([2H])([2H])n2cnc(=N)c3[nH]cnc32)c([2H])c1[2H]. The first kappa shape index (κ1) is 4.83. The van der Waals surface area contributed by atoms with Gasteiger partial charge in [0.05, 0.1) is 28.7 Å². The van der Waals surface area contributed by atoms with Gasteiger partial charge in [-0.25, -0.2) is 9.97 Å². The maximum Gasteiger partial charge on any atom is 0.173 e. The molecule has 0 fully saturated rings. The zero-order chi connectivity index (χ0) is 17.8. The van der Waals surface area contributed by atoms with Crippen LogP contribution in [0.25, 0.3) is 11.2 Å². The van der Waals surface area contributed by atoms with Crippen molar-refractivity contribution in [1.82, 2.24) is 19.5 Å². The van der Waals surface area contributed by atoms with Gasteiger partial charge >= 0.3 is 0 Å². The number of rotatable bonds is 2. The minimum absolute atomic E-state index is 0.0480. The third-order valence-corrected chi connectivity index (χ3v) is 2.12. The van der Waals surface area contributed by atoms with Crippen molar-refractivity contribution in [2.24, 2.45) is 0 Å². The molecular weight excluding hydrogens is 214 g/mol. The lowest BCUT2D eigenvalue weighted by Crippen LogP contribution is -2.13. The number of hydrogen-bond donors (Lipinski definition) is 2. The zero-order valence-electron chi connectivity index (χ0n) is 15.5. The summed E-state index contributed by atoms with van der Waals surface area (Å²) >= 11 is 0. The fourth-order valence-corrected chi connectivity index (χ4v) is 1.39. The maximum absolute atomic E-state index is 8.35. The van der Waals surface area contributed by atoms with E-state index in [0.29, 0.717) is 0 Å². The highest BCUT2D eigenvalue weighted by Crippen LogP contribution is 2.07. The average Bonchev–Trinajstić information content (AvgIpc) is 3.01. The van der Waals surface area contributed by atoms with E-state index in [-0.39, 0.29) is 16.7 Å². The van der Waals surface area contributed by atoms with Crippen molar-refractivity contribution in [3.63, 3.8) is 0 Å². The Morgan fingerprint density at radius 3 is 3.00 bits per heavy atom. The Labute approximate surface area is 107 Å². The predicted molar refractivity (Wildman–Crippen MR) is 63.3 cm³/mol. The molecule has 5 nitrogen and oxygen atoms in total. The number of hydrogen-bond acceptors (Lipinski definition) is 3. The summed E-state index contributed by atoms with van der Waals surface area (Å²) in [4.78, 5) is 10.4. The number of nitrogens with zero attached hydrogens (tertiary/aromatic N) is 3. The topological polar surface area (TPSA) is 70.3 Å². The molecule has 2 aromatic heterocycles. The van der Waals surface area contributed by atoms with Crippen molar-refractivity contribution in [2.45, 2.75) is 6.50 Å². The minimum atomic E-state index is -2.53. The Bertz CT molecular complexity index is 994. The van der Waals surface area contributed by atoms with Crippen LogP contribution in [0.15, 0.2) is 42.9 Å². The average molecular weight is 232 g/mol. The van der Waals surface area contributed by atoms with Gasteiger partial charge in [0, 0.05) is 0 Å². The lowest BCUT2D eigenvalue weighted by molar-refractivity contribution is 0.784. The molecule has 17 heavy (non-hydrogen) atoms. The first-order valence-corrected chi connectivity index (χ1v) is 4.71. The minimum Gasteiger partial charge on any atom is -0.340 e. The summed E-state index contributed by atoms with van der Waals surface area (Å²) < 4.78 is 56.5. The second-order valence-corrected chi connectivity index (χ2v) is 3.18. The number of H-pyrrole nitrogens is 1. The van der Waals surface area contributed by atoms with Gasteiger partial charge in [-0.3, -0.25) is 5.41 Å². The second-order valence-electron chi connectivity index (χ2n) is 3.18. The van der Waals surface area contributed by atoms with Crippen molar-refractivity contribution in [3.8, 4) is 0 Å². The number of benzene rings is 1. The highest BCUT2D eigenvalue weighted by atomic mass is 15.1. The van der Waals surface area contributed by atoms with Gasteiger partial charge in [0.1, 0.15) is 5.52 Å². The van der Waals surface area contributed by atoms with Crippen LogP contribution in [-0.2, 0) is 6.50 Å². The summed E-state index contributed by atoms with van der Waals surface area (Å²) in [6.07, 6.45) is 2.28. The van der Waals surface area contributed by atoms with E-state index in [4.69, 9.17) is 15.0 Å². The molecule has 5 heteroatoms. The molecule has 3 aromatic rings. The predicted octanol–water partition coefficient (Wildman–Crippen LogP) is 1.29. The molecule has 0 aliphatic heterocycles. The fraction of sp³-hybridized carbons (Fsp3) is 0.0833. The first-order chi connectivity index (χ1) is 11.2. The van der Waals surface area contributed by atoms with Gasteiger partial charge in [-0.05, 0) is 5.56 Å². The molecule has 84 valence electrons. The molecule has 0 radical (unpaired) electrons. The second kappa shape index (κ2) is 3.86. The standard InChI is InChI=1S/C12H11N5/c13-11-10-12(15-7-14-10)17(8-16-11)6-9-4-2-1-3-5-9/h1-5,7-8,13H,6H2,(H,14,15)/i1D,2D,3D,4D,5D,6D2. The Hall–Kier alpha value is -2.43. The van der Waals surface area contributed by atoms with Crippen molar-refractivity contribution < 1.29 is 9.60 Å². The van der Waals surface area contributed by atoms with Crippen LogP contribution in [0.1, 0.15) is 15.2 Å². The van der Waals surface area contributed by atoms with Gasteiger partial charge in [-0.15, -0.1) is 0 Å². The first-order valence-electron chi connectivity index (χ1n) is 8.21. The van der Waals surface area contributed by atoms with Gasteiger partial charge in [0.25, 0.3) is 0 Å². The molecule has 0 saturated heterocycles. The van der Waals surface area contributed by atoms with Crippen LogP contribution in [0.4, 0.5) is 0 Å². The molecular formula is C12H11N5. The Kier molecular flexibility index (Phi) is 1.10. The number of nitrogens with one attached hydrogen (secondary N) is 2. The number of aromatic nitrogens is 4. The maximum atomic E-state index is 8.35. The van der Waals surface area contributed by atoms with Crippen LogP contribution < -0.4 is 5.49 Å². The van der Waals surface area contributed by atoms with E-state index in [1.54, 1.807) is 0 Å². The molecule has 0 aliphatic rings. The third-order valence-electron chi connectivity index (χ3n) is 2.12. The molecule has 0 saturated carbocycles. The lowest BCUT2D eigenvalue weighted by Gasteiger charge is -2.06. The monoisotopic (exact) mass is 232 g/mol. The van der Waals surface area contributed by atoms with Gasteiger partial charge in [-0.1, -0.05) is 30.2 Å². The summed E-state index contributed by atoms with van der Waals surface area (Å²) in [6.45, 7) is -2.53. The van der Waals surface area contributed by atoms with Crippen LogP contribution in [0.2, 0.25) is 0 Å². The van der Waals surface area contributed by atoms with Gasteiger partial charge < -0.3 is 9.55 Å². The smallest absolute Gasteiger partial charge is 0.173 e. The Morgan fingerprint density at radius 2 is 2.18 bits per heavy atom. The molecule has 3 rings (SSSR count). The zero-order valence-corrected chi connectivity index (χ0v) is 8.50. The molecule has 2 N–H and O–H groups in total. The summed E-state index contributed by atoms with van der Waals surface area (Å²) in [5.74, 6) is 0. The van der Waals surface area contributed by atoms with Crippen molar-refractivity contribution in [3.05, 3.63) is 53.9 Å². The van der Waals surface area contributed by atoms with E-state index in [0.717, 1.165) is 10.9 Å². The highest BCUT2D eigenvalue weighted by molar-refractivity contribution is 5.68. The van der Waals surface area contributed by atoms with Crippen LogP contribution in [0.5, 0.6) is 0 Å². The Balaban J connectivity index is 2.38. The van der Waals surface area contributed by atoms with E-state index in [2.05, 4.69) is 15.0 Å².